The van der Waals surface area contributed by atoms with Crippen LogP contribution in [0.15, 0.2) is 0 Å². The van der Waals surface area contributed by atoms with Gasteiger partial charge in [-0.05, 0) is 49.4 Å². The minimum absolute atomic E-state index is 0.0201. The Kier molecular flexibility index (Phi) is 6.81. The Labute approximate surface area is 191 Å². The van der Waals surface area contributed by atoms with E-state index in [9.17, 15) is 28.8 Å². The molecule has 0 N–H and O–H groups in total. The maximum Gasteiger partial charge on any atom is 0.333 e. The highest BCUT2D eigenvalue weighted by molar-refractivity contribution is 6.02. The quantitative estimate of drug-likeness (QED) is 0.503. The van der Waals surface area contributed by atoms with Crippen LogP contribution < -0.4 is 0 Å². The van der Waals surface area contributed by atoms with Crippen LogP contribution in [0.5, 0.6) is 0 Å². The van der Waals surface area contributed by atoms with Gasteiger partial charge in [-0.3, -0.25) is 19.2 Å². The van der Waals surface area contributed by atoms with Crippen molar-refractivity contribution >= 4 is 35.6 Å². The smallest absolute Gasteiger partial charge is 0.330 e. The van der Waals surface area contributed by atoms with Crippen LogP contribution in [0.4, 0.5) is 0 Å². The summed E-state index contributed by atoms with van der Waals surface area (Å²) in [6.07, 6.45) is 7.49. The molecule has 0 aromatic rings. The summed E-state index contributed by atoms with van der Waals surface area (Å²) in [7, 11) is 0. The normalized spacial score (nSPS) is 29.6. The molecule has 180 valence electrons. The first-order valence-corrected chi connectivity index (χ1v) is 11.9. The average molecular weight is 462 g/mol. The summed E-state index contributed by atoms with van der Waals surface area (Å²) in [5.41, 5.74) is -0.379. The van der Waals surface area contributed by atoms with Crippen molar-refractivity contribution in [3.05, 3.63) is 0 Å². The first-order chi connectivity index (χ1) is 15.7. The van der Waals surface area contributed by atoms with Crippen LogP contribution >= 0.6 is 0 Å². The minimum Gasteiger partial charge on any atom is -0.330 e. The maximum absolute atomic E-state index is 12.7. The third-order valence-corrected chi connectivity index (χ3v) is 7.34. The van der Waals surface area contributed by atoms with Crippen LogP contribution in [0.3, 0.4) is 0 Å². The van der Waals surface area contributed by atoms with Gasteiger partial charge in [-0.1, -0.05) is 19.3 Å². The number of rotatable bonds is 8. The predicted octanol–water partition coefficient (Wildman–Crippen LogP) is 2.35. The lowest BCUT2D eigenvalue weighted by atomic mass is 9.58. The van der Waals surface area contributed by atoms with Crippen LogP contribution in [-0.4, -0.2) is 45.7 Å². The monoisotopic (exact) mass is 462 g/mol. The topological polar surface area (TPSA) is 127 Å². The van der Waals surface area contributed by atoms with E-state index in [2.05, 4.69) is 0 Å². The molecule has 2 saturated heterocycles. The first kappa shape index (κ1) is 23.4. The highest BCUT2D eigenvalue weighted by atomic mass is 16.7. The van der Waals surface area contributed by atoms with E-state index >= 15 is 0 Å². The van der Waals surface area contributed by atoms with Crippen LogP contribution in [0.1, 0.15) is 89.9 Å². The highest BCUT2D eigenvalue weighted by Crippen LogP contribution is 2.53. The Morgan fingerprint density at radius 1 is 0.788 bits per heavy atom. The molecule has 2 heterocycles. The molecule has 0 aromatic carbocycles. The fourth-order valence-electron chi connectivity index (χ4n) is 6.03. The second kappa shape index (κ2) is 9.61. The molecule has 10 nitrogen and oxygen atoms in total. The molecule has 4 aliphatic rings. The summed E-state index contributed by atoms with van der Waals surface area (Å²) in [6, 6.07) is 0. The van der Waals surface area contributed by atoms with Gasteiger partial charge in [0, 0.05) is 32.1 Å². The van der Waals surface area contributed by atoms with E-state index in [0.29, 0.717) is 34.8 Å². The number of imide groups is 2. The van der Waals surface area contributed by atoms with E-state index < -0.39 is 35.6 Å². The Bertz CT molecular complexity index is 825. The number of hydrogen-bond donors (Lipinski definition) is 0. The molecule has 2 aliphatic heterocycles. The highest BCUT2D eigenvalue weighted by Gasteiger charge is 2.44. The summed E-state index contributed by atoms with van der Waals surface area (Å²) in [4.78, 5) is 82.0. The summed E-state index contributed by atoms with van der Waals surface area (Å²) >= 11 is 0. The van der Waals surface area contributed by atoms with Gasteiger partial charge in [0.15, 0.2) is 0 Å². The molecule has 2 unspecified atom stereocenters. The number of fused-ring (bicyclic) bond motifs is 2. The molecule has 4 amide bonds. The third kappa shape index (κ3) is 5.42. The molecule has 10 heteroatoms. The second-order valence-electron chi connectivity index (χ2n) is 9.93. The van der Waals surface area contributed by atoms with Crippen LogP contribution in [-0.2, 0) is 38.4 Å². The number of hydroxylamine groups is 4. The molecule has 2 aliphatic carbocycles. The Balaban J connectivity index is 1.36. The van der Waals surface area contributed by atoms with E-state index in [1.54, 1.807) is 0 Å². The number of carbonyl (C=O) groups is 6. The minimum atomic E-state index is -0.652. The van der Waals surface area contributed by atoms with Gasteiger partial charge in [0.1, 0.15) is 0 Å². The van der Waals surface area contributed by atoms with Gasteiger partial charge in [-0.15, -0.1) is 10.1 Å². The van der Waals surface area contributed by atoms with E-state index in [1.165, 1.54) is 6.42 Å². The summed E-state index contributed by atoms with van der Waals surface area (Å²) in [6.45, 7) is 0. The SMILES string of the molecule is O=C(CCCC1(CC(=O)ON2C(=O)CCC2=O)CC2CCCC(C2)C1)ON1C(=O)CCC1=O. The molecule has 2 bridgehead atoms. The molecule has 0 radical (unpaired) electrons. The predicted molar refractivity (Wildman–Crippen MR) is 110 cm³/mol. The molecule has 0 aromatic heterocycles. The van der Waals surface area contributed by atoms with Crippen molar-refractivity contribution in [1.29, 1.82) is 0 Å². The molecule has 4 fully saturated rings. The van der Waals surface area contributed by atoms with Crippen molar-refractivity contribution < 1.29 is 38.4 Å². The molecule has 33 heavy (non-hydrogen) atoms. The fourth-order valence-corrected chi connectivity index (χ4v) is 6.03. The zero-order valence-corrected chi connectivity index (χ0v) is 18.7. The van der Waals surface area contributed by atoms with Gasteiger partial charge in [0.05, 0.1) is 6.42 Å². The van der Waals surface area contributed by atoms with Crippen molar-refractivity contribution in [2.24, 2.45) is 17.3 Å². The van der Waals surface area contributed by atoms with E-state index in [-0.39, 0.29) is 43.9 Å². The van der Waals surface area contributed by atoms with Gasteiger partial charge in [-0.2, -0.15) is 0 Å². The molecule has 4 rings (SSSR count). The molecule has 2 atom stereocenters. The lowest BCUT2D eigenvalue weighted by molar-refractivity contribution is -0.200. The van der Waals surface area contributed by atoms with Crippen molar-refractivity contribution in [2.75, 3.05) is 0 Å². The standard InChI is InChI=1S/C23H30N2O8/c26-17-6-7-18(27)24(17)32-21(30)5-2-10-23(12-15-3-1-4-16(11-15)13-23)14-22(31)33-25-19(28)8-9-20(25)29/h15-16H,1-14H2. The Morgan fingerprint density at radius 2 is 1.27 bits per heavy atom. The van der Waals surface area contributed by atoms with E-state index in [4.69, 9.17) is 9.68 Å². The Morgan fingerprint density at radius 3 is 1.79 bits per heavy atom. The van der Waals surface area contributed by atoms with Gasteiger partial charge >= 0.3 is 11.9 Å². The first-order valence-electron chi connectivity index (χ1n) is 11.9. The maximum atomic E-state index is 12.7. The van der Waals surface area contributed by atoms with Crippen LogP contribution in [0.2, 0.25) is 0 Å². The molecular formula is C23H30N2O8. The van der Waals surface area contributed by atoms with Crippen molar-refractivity contribution in [3.8, 4) is 0 Å². The number of carbonyl (C=O) groups excluding carboxylic acids is 6. The van der Waals surface area contributed by atoms with Gasteiger partial charge in [-0.25, -0.2) is 9.59 Å². The lowest BCUT2D eigenvalue weighted by Crippen LogP contribution is -2.40. The fraction of sp³-hybridized carbons (Fsp3) is 0.739. The van der Waals surface area contributed by atoms with Crippen molar-refractivity contribution in [2.45, 2.75) is 89.9 Å². The summed E-state index contributed by atoms with van der Waals surface area (Å²) in [5, 5.41) is 1.13. The van der Waals surface area contributed by atoms with Crippen LogP contribution in [0.25, 0.3) is 0 Å². The van der Waals surface area contributed by atoms with Gasteiger partial charge < -0.3 is 9.68 Å². The summed E-state index contributed by atoms with van der Waals surface area (Å²) in [5.74, 6) is -2.28. The zero-order valence-electron chi connectivity index (χ0n) is 18.7. The third-order valence-electron chi connectivity index (χ3n) is 7.34. The molecule has 0 spiro atoms. The average Bonchev–Trinajstić information content (AvgIpc) is 3.23. The van der Waals surface area contributed by atoms with Crippen LogP contribution in [0, 0.1) is 17.3 Å². The van der Waals surface area contributed by atoms with Crippen molar-refractivity contribution in [1.82, 2.24) is 10.1 Å². The largest absolute Gasteiger partial charge is 0.333 e. The number of nitrogens with zero attached hydrogens (tertiary/aromatic N) is 2. The summed E-state index contributed by atoms with van der Waals surface area (Å²) < 4.78 is 0. The van der Waals surface area contributed by atoms with E-state index in [1.807, 2.05) is 0 Å². The second-order valence-corrected chi connectivity index (χ2v) is 9.93. The lowest BCUT2D eigenvalue weighted by Gasteiger charge is -2.47. The zero-order chi connectivity index (χ0) is 23.6. The van der Waals surface area contributed by atoms with E-state index in [0.717, 1.165) is 32.1 Å². The van der Waals surface area contributed by atoms with Gasteiger partial charge in [0.25, 0.3) is 23.6 Å². The molecular weight excluding hydrogens is 432 g/mol. The number of amides is 4. The number of hydrogen-bond acceptors (Lipinski definition) is 8. The molecule has 2 saturated carbocycles. The van der Waals surface area contributed by atoms with Crippen molar-refractivity contribution in [3.63, 3.8) is 0 Å². The van der Waals surface area contributed by atoms with Gasteiger partial charge in [0.2, 0.25) is 0 Å². The Hall–Kier alpha value is -2.78.